The number of carbonyl (C=O) groups is 5. The predicted molar refractivity (Wildman–Crippen MR) is 194 cm³/mol. The highest BCUT2D eigenvalue weighted by Gasteiger charge is 2.83. The molecule has 0 amide bonds. The number of hydrogen-bond acceptors (Lipinski definition) is 8. The molecule has 6 unspecified atom stereocenters. The van der Waals surface area contributed by atoms with E-state index < -0.39 is 22.2 Å². The van der Waals surface area contributed by atoms with Gasteiger partial charge in [-0.25, -0.2) is 0 Å². The maximum absolute atomic E-state index is 15.4. The lowest BCUT2D eigenvalue weighted by Gasteiger charge is -2.69. The number of Topliss-reactive ketones (excluding diaryl/α,β-unsaturated/α-hetero) is 1. The third-order valence-corrected chi connectivity index (χ3v) is 19.1. The molecule has 15 atom stereocenters. The summed E-state index contributed by atoms with van der Waals surface area (Å²) < 4.78 is 19.6. The van der Waals surface area contributed by atoms with Gasteiger partial charge in [-0.15, -0.1) is 0 Å². The number of fused-ring (bicyclic) bond motifs is 10. The van der Waals surface area contributed by atoms with Crippen LogP contribution in [0.15, 0.2) is 23.3 Å². The van der Waals surface area contributed by atoms with Gasteiger partial charge in [-0.2, -0.15) is 0 Å². The van der Waals surface area contributed by atoms with E-state index in [0.29, 0.717) is 61.6 Å². The number of allylic oxidation sites excluding steroid dienone is 1. The Kier molecular flexibility index (Phi) is 7.25. The maximum atomic E-state index is 15.4. The molecule has 0 aromatic heterocycles. The first-order valence-electron chi connectivity index (χ1n) is 21.1. The van der Waals surface area contributed by atoms with Gasteiger partial charge in [-0.05, 0) is 159 Å². The molecule has 11 aliphatic carbocycles. The van der Waals surface area contributed by atoms with Crippen LogP contribution in [0, 0.1) is 69.5 Å². The van der Waals surface area contributed by atoms with Crippen LogP contribution in [0.3, 0.4) is 0 Å². The fourth-order valence-electron chi connectivity index (χ4n) is 17.9. The van der Waals surface area contributed by atoms with E-state index in [1.165, 1.54) is 13.8 Å². The lowest BCUT2D eigenvalue weighted by molar-refractivity contribution is -0.245. The third-order valence-electron chi connectivity index (χ3n) is 19.1. The van der Waals surface area contributed by atoms with Crippen molar-refractivity contribution in [1.29, 1.82) is 0 Å². The normalized spacial score (nSPS) is 53.0. The molecule has 0 aliphatic heterocycles. The van der Waals surface area contributed by atoms with Crippen LogP contribution in [0.4, 0.5) is 0 Å². The molecule has 2 bridgehead atoms. The number of hydrogen-bond donors (Lipinski definition) is 0. The van der Waals surface area contributed by atoms with Gasteiger partial charge in [0.15, 0.2) is 11.6 Å². The largest absolute Gasteiger partial charge is 0.454 e. The molecule has 0 N–H and O–H groups in total. The van der Waals surface area contributed by atoms with Gasteiger partial charge in [-0.1, -0.05) is 13.8 Å². The molecule has 0 saturated heterocycles. The summed E-state index contributed by atoms with van der Waals surface area (Å²) >= 11 is 0. The van der Waals surface area contributed by atoms with E-state index in [0.717, 1.165) is 81.8 Å². The fraction of sp³-hybridized carbons (Fsp3) is 0.800. The molecule has 286 valence electrons. The third kappa shape index (κ3) is 4.10. The Bertz CT molecular complexity index is 1790. The zero-order chi connectivity index (χ0) is 37.1. The Morgan fingerprint density at radius 2 is 1.34 bits per heavy atom. The molecule has 11 rings (SSSR count). The highest BCUT2D eigenvalue weighted by atomic mass is 16.6. The Morgan fingerprint density at radius 1 is 0.698 bits per heavy atom. The van der Waals surface area contributed by atoms with Gasteiger partial charge in [0, 0.05) is 57.5 Å². The van der Waals surface area contributed by atoms with Crippen molar-refractivity contribution in [3.8, 4) is 0 Å². The molecule has 8 heteroatoms. The average molecular weight is 727 g/mol. The van der Waals surface area contributed by atoms with Crippen molar-refractivity contribution in [2.24, 2.45) is 69.5 Å². The number of methoxy groups -OCH3 is 1. The van der Waals surface area contributed by atoms with Crippen molar-refractivity contribution in [3.63, 3.8) is 0 Å². The zero-order valence-corrected chi connectivity index (χ0v) is 32.4. The first-order valence-corrected chi connectivity index (χ1v) is 21.1. The maximum Gasteiger partial charge on any atom is 0.303 e. The molecular formula is C45H58O8. The molecule has 53 heavy (non-hydrogen) atoms. The van der Waals surface area contributed by atoms with Crippen LogP contribution in [0.2, 0.25) is 0 Å². The first-order chi connectivity index (χ1) is 25.2. The second-order valence-corrected chi connectivity index (χ2v) is 20.4. The van der Waals surface area contributed by atoms with Crippen molar-refractivity contribution in [2.45, 2.75) is 147 Å². The van der Waals surface area contributed by atoms with Gasteiger partial charge in [0.2, 0.25) is 0 Å². The Balaban J connectivity index is 1.08. The average Bonchev–Trinajstić information content (AvgIpc) is 3.57. The molecule has 0 aromatic rings. The molecule has 9 saturated carbocycles. The topological polar surface area (TPSA) is 113 Å². The minimum Gasteiger partial charge on any atom is -0.454 e. The summed E-state index contributed by atoms with van der Waals surface area (Å²) in [4.78, 5) is 66.5. The van der Waals surface area contributed by atoms with Crippen molar-refractivity contribution in [1.82, 2.24) is 0 Å². The molecule has 1 spiro atoms. The summed E-state index contributed by atoms with van der Waals surface area (Å²) in [7, 11) is 1.87. The van der Waals surface area contributed by atoms with E-state index in [4.69, 9.17) is 14.2 Å². The van der Waals surface area contributed by atoms with Crippen LogP contribution in [0.5, 0.6) is 0 Å². The molecule has 0 aromatic carbocycles. The molecule has 8 nitrogen and oxygen atoms in total. The predicted octanol–water partition coefficient (Wildman–Crippen LogP) is 7.46. The minimum absolute atomic E-state index is 0.0152. The summed E-state index contributed by atoms with van der Waals surface area (Å²) in [5, 5.41) is 0. The van der Waals surface area contributed by atoms with Crippen molar-refractivity contribution < 1.29 is 38.2 Å². The number of ether oxygens (including phenoxy) is 3. The molecule has 0 heterocycles. The standard InChI is InChI=1S/C45H58O8/c1-24(46)52-43-14-10-31(48)19-28(43)8-9-33-34(43)12-13-40(3)35(33)20-36-39(40)42(51-5)21-30-17-29-16-26-6-7-27-18-32(49)11-15-44(27,53-25(2)47)37(26)22-41(29,4)45(30,36)38(50)23-42/h18-19,26,29-30,33-37,39H,6-17,20-23H2,1-5H3/t26?,29-,30?,33-,34+,35+,36?,37?,39?,40+,41+,42+,43-,44-,45?/m1/s1. The van der Waals surface area contributed by atoms with E-state index in [1.807, 2.05) is 7.11 Å². The summed E-state index contributed by atoms with van der Waals surface area (Å²) in [5.41, 5.74) is -0.605. The Labute approximate surface area is 314 Å². The van der Waals surface area contributed by atoms with Gasteiger partial charge in [0.25, 0.3) is 0 Å². The minimum atomic E-state index is -0.754. The van der Waals surface area contributed by atoms with Crippen molar-refractivity contribution in [3.05, 3.63) is 23.3 Å². The summed E-state index contributed by atoms with van der Waals surface area (Å²) in [6.45, 7) is 8.03. The SMILES string of the molecule is CO[C@]12CC(=O)C3(C(C[C@H]4CC5CCC6=CC(=O)CC[C@]6(OC(C)=O)C5C[C@@]43C)C1)C1C[C@H]3[C@@H]4CCC5=CC(=O)CC[C@]5(OC(C)=O)[C@H]4CC[C@]3(C)C12. The zero-order valence-electron chi connectivity index (χ0n) is 32.4. The van der Waals surface area contributed by atoms with Crippen LogP contribution in [-0.2, 0) is 38.2 Å². The highest BCUT2D eigenvalue weighted by molar-refractivity contribution is 5.93. The van der Waals surface area contributed by atoms with E-state index in [1.54, 1.807) is 12.2 Å². The lowest BCUT2D eigenvalue weighted by Crippen LogP contribution is -2.71. The van der Waals surface area contributed by atoms with Crippen LogP contribution >= 0.6 is 0 Å². The molecule has 0 radical (unpaired) electrons. The van der Waals surface area contributed by atoms with Crippen molar-refractivity contribution >= 4 is 29.3 Å². The number of rotatable bonds is 3. The van der Waals surface area contributed by atoms with Crippen LogP contribution < -0.4 is 0 Å². The number of ketones is 3. The monoisotopic (exact) mass is 726 g/mol. The van der Waals surface area contributed by atoms with E-state index in [2.05, 4.69) is 13.8 Å². The summed E-state index contributed by atoms with van der Waals surface area (Å²) in [6.07, 6.45) is 16.5. The van der Waals surface area contributed by atoms with E-state index in [-0.39, 0.29) is 63.9 Å². The summed E-state index contributed by atoms with van der Waals surface area (Å²) in [5.74, 6) is 2.71. The van der Waals surface area contributed by atoms with Gasteiger partial charge in [0.1, 0.15) is 17.0 Å². The van der Waals surface area contributed by atoms with Crippen LogP contribution in [-0.4, -0.2) is 53.2 Å². The van der Waals surface area contributed by atoms with Crippen molar-refractivity contribution in [2.75, 3.05) is 7.11 Å². The Hall–Kier alpha value is -2.61. The van der Waals surface area contributed by atoms with Crippen LogP contribution in [0.1, 0.15) is 130 Å². The quantitative estimate of drug-likeness (QED) is 0.276. The van der Waals surface area contributed by atoms with E-state index in [9.17, 15) is 19.2 Å². The molecule has 9 fully saturated rings. The van der Waals surface area contributed by atoms with Gasteiger partial charge in [-0.3, -0.25) is 24.0 Å². The summed E-state index contributed by atoms with van der Waals surface area (Å²) in [6, 6.07) is 0. The van der Waals surface area contributed by atoms with Crippen LogP contribution in [0.25, 0.3) is 0 Å². The second kappa shape index (κ2) is 11.0. The molecule has 11 aliphatic rings. The van der Waals surface area contributed by atoms with Gasteiger partial charge >= 0.3 is 11.9 Å². The fourth-order valence-corrected chi connectivity index (χ4v) is 17.9. The second-order valence-electron chi connectivity index (χ2n) is 20.4. The number of esters is 2. The van der Waals surface area contributed by atoms with Gasteiger partial charge in [0.05, 0.1) is 5.60 Å². The number of carbonyl (C=O) groups excluding carboxylic acids is 5. The highest BCUT2D eigenvalue weighted by Crippen LogP contribution is 2.84. The lowest BCUT2D eigenvalue weighted by atomic mass is 9.36. The first kappa shape index (κ1) is 34.8. The Morgan fingerprint density at radius 3 is 1.98 bits per heavy atom. The van der Waals surface area contributed by atoms with Gasteiger partial charge < -0.3 is 14.2 Å². The van der Waals surface area contributed by atoms with E-state index >= 15 is 4.79 Å². The molecular weight excluding hydrogens is 668 g/mol. The smallest absolute Gasteiger partial charge is 0.303 e.